The summed E-state index contributed by atoms with van der Waals surface area (Å²) in [7, 11) is -0.838. The van der Waals surface area contributed by atoms with Gasteiger partial charge in [0.15, 0.2) is 0 Å². The fraction of sp³-hybridized carbons (Fsp3) is 0.500. The van der Waals surface area contributed by atoms with Gasteiger partial charge in [-0.3, -0.25) is 9.29 Å². The number of para-hydroxylation sites is 1. The van der Waals surface area contributed by atoms with Crippen LogP contribution in [0.15, 0.2) is 30.6 Å². The summed E-state index contributed by atoms with van der Waals surface area (Å²) in [5.41, 5.74) is 1.41. The number of benzene rings is 1. The van der Waals surface area contributed by atoms with E-state index in [1.807, 2.05) is 6.92 Å². The van der Waals surface area contributed by atoms with E-state index in [2.05, 4.69) is 24.9 Å². The highest BCUT2D eigenvalue weighted by molar-refractivity contribution is 7.93. The zero-order valence-corrected chi connectivity index (χ0v) is 21.9. The van der Waals surface area contributed by atoms with Gasteiger partial charge in [-0.2, -0.15) is 0 Å². The first-order valence-electron chi connectivity index (χ1n) is 11.8. The Morgan fingerprint density at radius 3 is 2.36 bits per heavy atom. The van der Waals surface area contributed by atoms with Gasteiger partial charge in [0.05, 0.1) is 26.1 Å². The van der Waals surface area contributed by atoms with Crippen molar-refractivity contribution in [2.24, 2.45) is 0 Å². The van der Waals surface area contributed by atoms with Gasteiger partial charge in [-0.05, 0) is 44.4 Å². The Morgan fingerprint density at radius 2 is 1.78 bits per heavy atom. The van der Waals surface area contributed by atoms with Gasteiger partial charge in [0.1, 0.15) is 28.8 Å². The van der Waals surface area contributed by atoms with Gasteiger partial charge in [-0.1, -0.05) is 13.0 Å². The molecule has 1 N–H and O–H groups in total. The normalized spacial score (nSPS) is 17.9. The summed E-state index contributed by atoms with van der Waals surface area (Å²) in [6, 6.07) is 5.34. The highest BCUT2D eigenvalue weighted by Crippen LogP contribution is 2.38. The Labute approximate surface area is 211 Å². The maximum Gasteiger partial charge on any atom is 0.243 e. The lowest BCUT2D eigenvalue weighted by Gasteiger charge is -2.24. The Balaban J connectivity index is 1.77. The largest absolute Gasteiger partial charge is 0.494 e. The number of aromatic nitrogens is 5. The van der Waals surface area contributed by atoms with E-state index in [9.17, 15) is 8.42 Å². The lowest BCUT2D eigenvalue weighted by Crippen LogP contribution is -2.31. The molecule has 2 aromatic heterocycles. The van der Waals surface area contributed by atoms with Crippen molar-refractivity contribution in [2.45, 2.75) is 50.7 Å². The van der Waals surface area contributed by atoms with Gasteiger partial charge in [-0.25, -0.2) is 18.4 Å². The van der Waals surface area contributed by atoms with Crippen LogP contribution in [0.1, 0.15) is 55.7 Å². The smallest absolute Gasteiger partial charge is 0.243 e. The fourth-order valence-electron chi connectivity index (χ4n) is 4.18. The van der Waals surface area contributed by atoms with Crippen molar-refractivity contribution in [1.29, 1.82) is 0 Å². The molecule has 1 aliphatic rings. The van der Waals surface area contributed by atoms with Crippen LogP contribution in [0, 0.1) is 6.92 Å². The number of anilines is 1. The molecule has 11 nitrogen and oxygen atoms in total. The van der Waals surface area contributed by atoms with Gasteiger partial charge < -0.3 is 14.2 Å². The second kappa shape index (κ2) is 10.8. The number of nitrogens with zero attached hydrogens (tertiary/aromatic N) is 5. The van der Waals surface area contributed by atoms with Crippen LogP contribution in [0.4, 0.5) is 5.95 Å². The van der Waals surface area contributed by atoms with Gasteiger partial charge >= 0.3 is 0 Å². The van der Waals surface area contributed by atoms with Gasteiger partial charge in [0.25, 0.3) is 0 Å². The molecule has 3 atom stereocenters. The second-order valence-electron chi connectivity index (χ2n) is 8.90. The van der Waals surface area contributed by atoms with Crippen LogP contribution in [0.5, 0.6) is 11.5 Å². The first-order valence-corrected chi connectivity index (χ1v) is 13.4. The van der Waals surface area contributed by atoms with Crippen LogP contribution < -0.4 is 14.2 Å². The molecule has 1 saturated heterocycles. The van der Waals surface area contributed by atoms with Gasteiger partial charge in [-0.15, -0.1) is 10.2 Å². The van der Waals surface area contributed by atoms with Crippen LogP contribution in [0.2, 0.25) is 0 Å². The number of sulfonamides is 1. The highest BCUT2D eigenvalue weighted by atomic mass is 32.2. The highest BCUT2D eigenvalue weighted by Gasteiger charge is 2.33. The van der Waals surface area contributed by atoms with Crippen LogP contribution in [0.25, 0.3) is 5.69 Å². The molecule has 3 heterocycles. The summed E-state index contributed by atoms with van der Waals surface area (Å²) in [5, 5.41) is 7.79. The zero-order valence-electron chi connectivity index (χ0n) is 21.1. The fourth-order valence-corrected chi connectivity index (χ4v) is 5.41. The first-order chi connectivity index (χ1) is 17.3. The number of rotatable bonds is 9. The van der Waals surface area contributed by atoms with Crippen molar-refractivity contribution < 1.29 is 22.6 Å². The molecular weight excluding hydrogens is 484 g/mol. The third-order valence-electron chi connectivity index (χ3n) is 6.47. The lowest BCUT2D eigenvalue weighted by molar-refractivity contribution is 0.0775. The van der Waals surface area contributed by atoms with Crippen molar-refractivity contribution in [3.63, 3.8) is 0 Å². The van der Waals surface area contributed by atoms with Gasteiger partial charge in [0, 0.05) is 30.8 Å². The summed E-state index contributed by atoms with van der Waals surface area (Å²) in [6.07, 6.45) is 5.05. The second-order valence-corrected chi connectivity index (χ2v) is 10.9. The van der Waals surface area contributed by atoms with E-state index < -0.39 is 21.2 Å². The Kier molecular flexibility index (Phi) is 7.74. The third kappa shape index (κ3) is 5.14. The molecule has 194 valence electrons. The van der Waals surface area contributed by atoms with Crippen LogP contribution in [-0.2, 0) is 14.8 Å². The van der Waals surface area contributed by atoms with Crippen molar-refractivity contribution in [2.75, 3.05) is 32.2 Å². The Morgan fingerprint density at radius 1 is 1.11 bits per heavy atom. The predicted molar refractivity (Wildman–Crippen MR) is 134 cm³/mol. The Hall–Kier alpha value is -3.25. The van der Waals surface area contributed by atoms with Crippen molar-refractivity contribution >= 4 is 16.0 Å². The molecule has 0 unspecified atom stereocenters. The summed E-state index contributed by atoms with van der Waals surface area (Å²) in [6.45, 7) is 6.42. The number of hydrogen-bond donors (Lipinski definition) is 1. The first kappa shape index (κ1) is 25.8. The summed E-state index contributed by atoms with van der Waals surface area (Å²) >= 11 is 0. The monoisotopic (exact) mass is 516 g/mol. The molecule has 0 spiro atoms. The number of ether oxygens (including phenoxy) is 3. The Bertz CT molecular complexity index is 1270. The summed E-state index contributed by atoms with van der Waals surface area (Å²) < 4.78 is 48.3. The molecule has 1 aromatic carbocycles. The third-order valence-corrected chi connectivity index (χ3v) is 8.33. The van der Waals surface area contributed by atoms with E-state index in [1.165, 1.54) is 0 Å². The number of hydrogen-bond acceptors (Lipinski definition) is 9. The maximum atomic E-state index is 13.5. The molecule has 4 rings (SSSR count). The maximum absolute atomic E-state index is 13.5. The van der Waals surface area contributed by atoms with Crippen molar-refractivity contribution in [1.82, 2.24) is 24.7 Å². The van der Waals surface area contributed by atoms with Crippen LogP contribution >= 0.6 is 0 Å². The molecular formula is C24H32N6O5S. The van der Waals surface area contributed by atoms with Gasteiger partial charge in [0.2, 0.25) is 16.0 Å². The molecule has 0 aliphatic carbocycles. The molecule has 0 saturated carbocycles. The van der Waals surface area contributed by atoms with E-state index in [0.717, 1.165) is 18.4 Å². The molecule has 0 radical (unpaired) electrons. The number of methoxy groups -OCH3 is 2. The van der Waals surface area contributed by atoms with Crippen LogP contribution in [0.3, 0.4) is 0 Å². The summed E-state index contributed by atoms with van der Waals surface area (Å²) in [4.78, 5) is 8.62. The number of nitrogens with one attached hydrogen (secondary N) is 1. The predicted octanol–water partition coefficient (Wildman–Crippen LogP) is 3.21. The molecule has 0 amide bonds. The minimum atomic E-state index is -3.92. The molecule has 3 aromatic rings. The molecule has 1 fully saturated rings. The molecule has 12 heteroatoms. The van der Waals surface area contributed by atoms with Crippen molar-refractivity contribution in [3.8, 4) is 17.2 Å². The average molecular weight is 517 g/mol. The minimum absolute atomic E-state index is 0.0437. The van der Waals surface area contributed by atoms with E-state index in [-0.39, 0.29) is 11.9 Å². The standard InChI is InChI=1S/C24H32N6O5S/c1-15-12-25-22(26-13-15)16(2)17(3)36(31,32)29-24-28-27-23(18-8-7-11-35-14-18)30(24)21-19(33-4)9-6-10-20(21)34-5/h6,9-10,12-13,16-18H,7-8,11,14H2,1-5H3,(H,28,29)/t16-,17-,18-/m0/s1. The SMILES string of the molecule is COc1cccc(OC)c1-n1c(NS(=O)(=O)[C@@H](C)[C@H](C)c2ncc(C)cn2)nnc1[C@H]1CCCOC1. The molecule has 0 bridgehead atoms. The minimum Gasteiger partial charge on any atom is -0.494 e. The van der Waals surface area contributed by atoms with Crippen LogP contribution in [-0.4, -0.2) is 65.8 Å². The average Bonchev–Trinajstić information content (AvgIpc) is 3.30. The summed E-state index contributed by atoms with van der Waals surface area (Å²) in [5.74, 6) is 1.50. The number of aryl methyl sites for hydroxylation is 1. The van der Waals surface area contributed by atoms with E-state index >= 15 is 0 Å². The zero-order chi connectivity index (χ0) is 25.9. The van der Waals surface area contributed by atoms with E-state index in [4.69, 9.17) is 14.2 Å². The quantitative estimate of drug-likeness (QED) is 0.455. The topological polar surface area (TPSA) is 130 Å². The molecule has 36 heavy (non-hydrogen) atoms. The van der Waals surface area contributed by atoms with Crippen molar-refractivity contribution in [3.05, 3.63) is 47.8 Å². The van der Waals surface area contributed by atoms with E-state index in [0.29, 0.717) is 42.0 Å². The molecule has 1 aliphatic heterocycles. The van der Waals surface area contributed by atoms with E-state index in [1.54, 1.807) is 63.2 Å². The lowest BCUT2D eigenvalue weighted by atomic mass is 10.0.